The third-order valence-corrected chi connectivity index (χ3v) is 13.3. The molecule has 10 atom stereocenters. The number of hydrogen-bond acceptors (Lipinski definition) is 4. The van der Waals surface area contributed by atoms with Crippen molar-refractivity contribution in [2.75, 3.05) is 0 Å². The van der Waals surface area contributed by atoms with Crippen molar-refractivity contribution in [2.24, 2.45) is 51.6 Å². The summed E-state index contributed by atoms with van der Waals surface area (Å²) >= 11 is 0. The Kier molecular flexibility index (Phi) is 6.47. The number of aliphatic hydroxyl groups excluding tert-OH is 1. The summed E-state index contributed by atoms with van der Waals surface area (Å²) in [6.07, 6.45) is 14.0. The Morgan fingerprint density at radius 3 is 2.55 bits per heavy atom. The SMILES string of the molecule is CC12CCC(O)C(N)C1CCC1(C)C3CCC4(C(=O)NCc5ncc(-c6ccccc6)[nH]5)CCCC4C3CCC21. The second-order valence-electron chi connectivity index (χ2n) is 14.7. The fraction of sp³-hybridized carbons (Fsp3) is 0.706. The number of fused-ring (bicyclic) bond motifs is 7. The molecule has 1 aromatic heterocycles. The van der Waals surface area contributed by atoms with E-state index in [2.05, 4.69) is 41.3 Å². The maximum atomic E-state index is 14.0. The minimum atomic E-state index is -0.336. The molecular weight excluding hydrogens is 496 g/mol. The number of carbonyl (C=O) groups excluding carboxylic acids is 1. The number of nitrogens with one attached hydrogen (secondary N) is 2. The van der Waals surface area contributed by atoms with Crippen LogP contribution in [0.1, 0.15) is 90.3 Å². The van der Waals surface area contributed by atoms with Gasteiger partial charge in [-0.25, -0.2) is 4.98 Å². The minimum absolute atomic E-state index is 0.0727. The van der Waals surface area contributed by atoms with Crippen molar-refractivity contribution < 1.29 is 9.90 Å². The van der Waals surface area contributed by atoms with Gasteiger partial charge in [0, 0.05) is 6.04 Å². The van der Waals surface area contributed by atoms with E-state index in [4.69, 9.17) is 5.73 Å². The fourth-order valence-electron chi connectivity index (χ4n) is 11.5. The van der Waals surface area contributed by atoms with Gasteiger partial charge in [0.25, 0.3) is 0 Å². The molecule has 5 aliphatic rings. The van der Waals surface area contributed by atoms with Crippen LogP contribution >= 0.6 is 0 Å². The van der Waals surface area contributed by atoms with Gasteiger partial charge in [-0.3, -0.25) is 4.79 Å². The number of nitrogens with two attached hydrogens (primary N) is 1. The predicted octanol–water partition coefficient (Wildman–Crippen LogP) is 5.82. The zero-order chi connectivity index (χ0) is 27.7. The topological polar surface area (TPSA) is 104 Å². The highest BCUT2D eigenvalue weighted by atomic mass is 16.3. The normalized spacial score (nSPS) is 44.1. The number of hydrogen-bond donors (Lipinski definition) is 4. The summed E-state index contributed by atoms with van der Waals surface area (Å²) in [6, 6.07) is 10.1. The minimum Gasteiger partial charge on any atom is -0.392 e. The molecule has 40 heavy (non-hydrogen) atoms. The monoisotopic (exact) mass is 544 g/mol. The molecule has 6 nitrogen and oxygen atoms in total. The number of benzene rings is 1. The van der Waals surface area contributed by atoms with Crippen LogP contribution in [0.5, 0.6) is 0 Å². The van der Waals surface area contributed by atoms with Crippen molar-refractivity contribution in [2.45, 2.75) is 103 Å². The molecule has 5 fully saturated rings. The van der Waals surface area contributed by atoms with Crippen LogP contribution in [0.4, 0.5) is 0 Å². The summed E-state index contributed by atoms with van der Waals surface area (Å²) < 4.78 is 0. The lowest BCUT2D eigenvalue weighted by molar-refractivity contribution is -0.188. The van der Waals surface area contributed by atoms with Crippen LogP contribution in [0.25, 0.3) is 11.3 Å². The molecule has 1 heterocycles. The number of amides is 1. The number of H-pyrrole nitrogens is 1. The number of imidazole rings is 1. The lowest BCUT2D eigenvalue weighted by atomic mass is 9.38. The van der Waals surface area contributed by atoms with Gasteiger partial charge in [0.1, 0.15) is 5.82 Å². The molecule has 5 aliphatic carbocycles. The van der Waals surface area contributed by atoms with Crippen molar-refractivity contribution in [3.8, 4) is 11.3 Å². The molecule has 10 unspecified atom stereocenters. The van der Waals surface area contributed by atoms with Crippen LogP contribution < -0.4 is 11.1 Å². The van der Waals surface area contributed by atoms with E-state index in [1.54, 1.807) is 0 Å². The zero-order valence-electron chi connectivity index (χ0n) is 24.4. The van der Waals surface area contributed by atoms with Crippen molar-refractivity contribution >= 4 is 5.91 Å². The number of aromatic nitrogens is 2. The van der Waals surface area contributed by atoms with Gasteiger partial charge in [-0.1, -0.05) is 50.6 Å². The first kappa shape index (κ1) is 26.7. The smallest absolute Gasteiger partial charge is 0.226 e. The highest BCUT2D eigenvalue weighted by molar-refractivity contribution is 5.83. The first-order valence-electron chi connectivity index (χ1n) is 16.1. The van der Waals surface area contributed by atoms with Crippen molar-refractivity contribution in [3.05, 3.63) is 42.4 Å². The Bertz CT molecular complexity index is 1250. The number of aliphatic hydroxyl groups is 1. The average Bonchev–Trinajstić information content (AvgIpc) is 3.63. The van der Waals surface area contributed by atoms with Crippen LogP contribution in [0.15, 0.2) is 36.5 Å². The first-order valence-corrected chi connectivity index (χ1v) is 16.1. The lowest BCUT2D eigenvalue weighted by Gasteiger charge is -2.67. The molecule has 5 saturated carbocycles. The number of rotatable bonds is 4. The first-order chi connectivity index (χ1) is 19.3. The molecule has 216 valence electrons. The van der Waals surface area contributed by atoms with Crippen LogP contribution in [-0.2, 0) is 11.3 Å². The van der Waals surface area contributed by atoms with Crippen LogP contribution in [-0.4, -0.2) is 33.1 Å². The number of aromatic amines is 1. The molecule has 1 amide bonds. The van der Waals surface area contributed by atoms with Gasteiger partial charge in [0.2, 0.25) is 5.91 Å². The molecule has 1 aromatic carbocycles. The Morgan fingerprint density at radius 1 is 0.975 bits per heavy atom. The second-order valence-corrected chi connectivity index (χ2v) is 14.7. The van der Waals surface area contributed by atoms with E-state index in [9.17, 15) is 9.90 Å². The van der Waals surface area contributed by atoms with Crippen molar-refractivity contribution in [1.82, 2.24) is 15.3 Å². The van der Waals surface area contributed by atoms with E-state index >= 15 is 0 Å². The van der Waals surface area contributed by atoms with E-state index in [0.29, 0.717) is 41.5 Å². The average molecular weight is 545 g/mol. The molecule has 6 heteroatoms. The van der Waals surface area contributed by atoms with Gasteiger partial charge >= 0.3 is 0 Å². The van der Waals surface area contributed by atoms with E-state index < -0.39 is 0 Å². The quantitative estimate of drug-likeness (QED) is 0.389. The molecule has 7 rings (SSSR count). The highest BCUT2D eigenvalue weighted by Gasteiger charge is 2.65. The Hall–Kier alpha value is -2.18. The fourth-order valence-corrected chi connectivity index (χ4v) is 11.5. The van der Waals surface area contributed by atoms with E-state index in [-0.39, 0.29) is 28.9 Å². The molecule has 0 radical (unpaired) electrons. The number of carbonyl (C=O) groups is 1. The maximum Gasteiger partial charge on any atom is 0.226 e. The Balaban J connectivity index is 1.07. The summed E-state index contributed by atoms with van der Waals surface area (Å²) in [6.45, 7) is 5.58. The second kappa shape index (κ2) is 9.69. The molecule has 2 aromatic rings. The predicted molar refractivity (Wildman–Crippen MR) is 157 cm³/mol. The van der Waals surface area contributed by atoms with Gasteiger partial charge in [0.05, 0.1) is 30.0 Å². The summed E-state index contributed by atoms with van der Waals surface area (Å²) in [4.78, 5) is 22.0. The van der Waals surface area contributed by atoms with Crippen LogP contribution in [0, 0.1) is 45.8 Å². The summed E-state index contributed by atoms with van der Waals surface area (Å²) in [5.41, 5.74) is 9.08. The van der Waals surface area contributed by atoms with E-state index in [0.717, 1.165) is 49.2 Å². The Morgan fingerprint density at radius 2 is 1.73 bits per heavy atom. The molecular formula is C34H48N4O2. The zero-order valence-corrected chi connectivity index (χ0v) is 24.4. The molecule has 0 spiro atoms. The third-order valence-electron chi connectivity index (χ3n) is 13.3. The summed E-state index contributed by atoms with van der Waals surface area (Å²) in [5.74, 6) is 4.06. The largest absolute Gasteiger partial charge is 0.392 e. The van der Waals surface area contributed by atoms with Gasteiger partial charge < -0.3 is 21.1 Å². The van der Waals surface area contributed by atoms with Crippen molar-refractivity contribution in [3.63, 3.8) is 0 Å². The number of nitrogens with zero attached hydrogens (tertiary/aromatic N) is 1. The third kappa shape index (κ3) is 3.88. The van der Waals surface area contributed by atoms with Gasteiger partial charge in [0.15, 0.2) is 0 Å². The summed E-state index contributed by atoms with van der Waals surface area (Å²) in [7, 11) is 0. The standard InChI is InChI=1S/C34H48N4O2/c1-32-16-12-25-30(35)27(39)14-17-33(25,2)28(32)11-10-22-23(32)13-18-34(15-6-9-24(22)34)31(40)37-20-29-36-19-26(38-29)21-7-4-3-5-8-21/h3-5,7-8,19,22-25,27-28,30,39H,6,9-18,20,35H2,1-2H3,(H,36,38)(H,37,40). The molecule has 0 saturated heterocycles. The van der Waals surface area contributed by atoms with Crippen LogP contribution in [0.3, 0.4) is 0 Å². The van der Waals surface area contributed by atoms with Gasteiger partial charge in [-0.15, -0.1) is 0 Å². The van der Waals surface area contributed by atoms with Gasteiger partial charge in [-0.2, -0.15) is 0 Å². The maximum absolute atomic E-state index is 14.0. The molecule has 5 N–H and O–H groups in total. The Labute approximate surface area is 239 Å². The van der Waals surface area contributed by atoms with Crippen LogP contribution in [0.2, 0.25) is 0 Å². The lowest BCUT2D eigenvalue weighted by Crippen LogP contribution is -2.64. The van der Waals surface area contributed by atoms with Gasteiger partial charge in [-0.05, 0) is 110 Å². The summed E-state index contributed by atoms with van der Waals surface area (Å²) in [5, 5.41) is 13.9. The van der Waals surface area contributed by atoms with E-state index in [1.807, 2.05) is 24.4 Å². The van der Waals surface area contributed by atoms with Crippen molar-refractivity contribution in [1.29, 1.82) is 0 Å². The highest BCUT2D eigenvalue weighted by Crippen LogP contribution is 2.71. The van der Waals surface area contributed by atoms with E-state index in [1.165, 1.54) is 38.5 Å². The molecule has 0 bridgehead atoms. The molecule has 0 aliphatic heterocycles.